The van der Waals surface area contributed by atoms with E-state index in [9.17, 15) is 8.42 Å². The summed E-state index contributed by atoms with van der Waals surface area (Å²) < 4.78 is 24.0. The Labute approximate surface area is 129 Å². The summed E-state index contributed by atoms with van der Waals surface area (Å²) in [6.45, 7) is 5.18. The van der Waals surface area contributed by atoms with E-state index in [-0.39, 0.29) is 11.5 Å². The monoisotopic (exact) mass is 360 g/mol. The normalized spacial score (nSPS) is 18.2. The molecule has 0 saturated carbocycles. The maximum atomic E-state index is 11.5. The van der Waals surface area contributed by atoms with E-state index in [1.54, 1.807) is 0 Å². The molecule has 0 atom stereocenters. The van der Waals surface area contributed by atoms with Crippen molar-refractivity contribution in [3.05, 3.63) is 28.2 Å². The van der Waals surface area contributed by atoms with Crippen molar-refractivity contribution < 1.29 is 8.42 Å². The molecule has 0 bridgehead atoms. The maximum Gasteiger partial charge on any atom is 0.153 e. The second-order valence-corrected chi connectivity index (χ2v) is 8.26. The Morgan fingerprint density at radius 2 is 2.00 bits per heavy atom. The van der Waals surface area contributed by atoms with E-state index in [1.165, 1.54) is 5.56 Å². The highest BCUT2D eigenvalue weighted by atomic mass is 79.9. The summed E-state index contributed by atoms with van der Waals surface area (Å²) >= 11 is 3.60. The summed E-state index contributed by atoms with van der Waals surface area (Å²) in [5.41, 5.74) is 2.32. The predicted molar refractivity (Wildman–Crippen MR) is 87.0 cm³/mol. The molecule has 1 fully saturated rings. The lowest BCUT2D eigenvalue weighted by atomic mass is 10.2. The molecule has 0 aliphatic carbocycles. The quantitative estimate of drug-likeness (QED) is 0.817. The van der Waals surface area contributed by atoms with Crippen molar-refractivity contribution in [1.29, 1.82) is 0 Å². The molecule has 112 valence electrons. The van der Waals surface area contributed by atoms with E-state index in [4.69, 9.17) is 0 Å². The topological polar surface area (TPSA) is 49.4 Å². The van der Waals surface area contributed by atoms with E-state index in [0.717, 1.165) is 29.7 Å². The molecule has 1 aromatic carbocycles. The van der Waals surface area contributed by atoms with Crippen molar-refractivity contribution in [2.75, 3.05) is 36.0 Å². The molecule has 2 rings (SSSR count). The van der Waals surface area contributed by atoms with Crippen LogP contribution >= 0.6 is 15.9 Å². The van der Waals surface area contributed by atoms with Crippen LogP contribution in [0.5, 0.6) is 0 Å². The Morgan fingerprint density at radius 1 is 1.30 bits per heavy atom. The SMILES string of the molecule is CCCNCc1ccc(N2CCS(=O)(=O)CC2)c(Br)c1. The fourth-order valence-corrected chi connectivity index (χ4v) is 4.16. The van der Waals surface area contributed by atoms with Gasteiger partial charge in [-0.1, -0.05) is 13.0 Å². The van der Waals surface area contributed by atoms with Gasteiger partial charge in [0.25, 0.3) is 0 Å². The third kappa shape index (κ3) is 4.20. The van der Waals surface area contributed by atoms with Crippen molar-refractivity contribution in [2.45, 2.75) is 19.9 Å². The number of benzene rings is 1. The van der Waals surface area contributed by atoms with E-state index in [0.29, 0.717) is 13.1 Å². The number of sulfone groups is 1. The maximum absolute atomic E-state index is 11.5. The minimum absolute atomic E-state index is 0.249. The van der Waals surface area contributed by atoms with E-state index in [2.05, 4.69) is 51.3 Å². The molecule has 0 unspecified atom stereocenters. The van der Waals surface area contributed by atoms with Gasteiger partial charge >= 0.3 is 0 Å². The molecule has 4 nitrogen and oxygen atoms in total. The molecule has 1 saturated heterocycles. The van der Waals surface area contributed by atoms with Gasteiger partial charge in [0.05, 0.1) is 17.2 Å². The van der Waals surface area contributed by atoms with Crippen LogP contribution in [0.1, 0.15) is 18.9 Å². The van der Waals surface area contributed by atoms with Crippen LogP contribution in [0.4, 0.5) is 5.69 Å². The first-order chi connectivity index (χ1) is 9.52. The molecule has 0 spiro atoms. The summed E-state index contributed by atoms with van der Waals surface area (Å²) in [4.78, 5) is 2.13. The highest BCUT2D eigenvalue weighted by molar-refractivity contribution is 9.10. The number of nitrogens with zero attached hydrogens (tertiary/aromatic N) is 1. The van der Waals surface area contributed by atoms with Crippen LogP contribution in [-0.4, -0.2) is 39.6 Å². The van der Waals surface area contributed by atoms with Crippen LogP contribution in [0.3, 0.4) is 0 Å². The lowest BCUT2D eigenvalue weighted by molar-refractivity contribution is 0.586. The predicted octanol–water partition coefficient (Wildman–Crippen LogP) is 2.18. The molecule has 1 aliphatic heterocycles. The van der Waals surface area contributed by atoms with Crippen molar-refractivity contribution in [2.24, 2.45) is 0 Å². The van der Waals surface area contributed by atoms with Crippen molar-refractivity contribution in [3.63, 3.8) is 0 Å². The molecular weight excluding hydrogens is 340 g/mol. The van der Waals surface area contributed by atoms with Crippen LogP contribution in [0, 0.1) is 0 Å². The van der Waals surface area contributed by atoms with Gasteiger partial charge in [0.2, 0.25) is 0 Å². The summed E-state index contributed by atoms with van der Waals surface area (Å²) in [6, 6.07) is 6.29. The van der Waals surface area contributed by atoms with Gasteiger partial charge in [-0.25, -0.2) is 8.42 Å². The molecule has 20 heavy (non-hydrogen) atoms. The minimum atomic E-state index is -2.83. The van der Waals surface area contributed by atoms with Gasteiger partial charge in [0.1, 0.15) is 0 Å². The second-order valence-electron chi connectivity index (χ2n) is 5.10. The van der Waals surface area contributed by atoms with Crippen LogP contribution in [0.2, 0.25) is 0 Å². The molecule has 0 amide bonds. The Hall–Kier alpha value is -0.590. The zero-order valence-electron chi connectivity index (χ0n) is 11.7. The van der Waals surface area contributed by atoms with E-state index in [1.807, 2.05) is 0 Å². The standard InChI is InChI=1S/C14H21BrN2O2S/c1-2-5-16-11-12-3-4-14(13(15)10-12)17-6-8-20(18,19)9-7-17/h3-4,10,16H,2,5-9,11H2,1H3. The summed E-state index contributed by atoms with van der Waals surface area (Å²) in [5, 5.41) is 3.37. The van der Waals surface area contributed by atoms with Gasteiger partial charge in [-0.3, -0.25) is 0 Å². The molecule has 1 heterocycles. The van der Waals surface area contributed by atoms with Gasteiger partial charge in [-0.15, -0.1) is 0 Å². The lowest BCUT2D eigenvalue weighted by Crippen LogP contribution is -2.40. The number of hydrogen-bond acceptors (Lipinski definition) is 4. The fourth-order valence-electron chi connectivity index (χ4n) is 2.28. The average molecular weight is 361 g/mol. The summed E-state index contributed by atoms with van der Waals surface area (Å²) in [5.74, 6) is 0.499. The Bertz CT molecular complexity index is 546. The van der Waals surface area contributed by atoms with Crippen LogP contribution in [0.25, 0.3) is 0 Å². The first-order valence-electron chi connectivity index (χ1n) is 6.96. The van der Waals surface area contributed by atoms with Gasteiger partial charge in [-0.05, 0) is 46.6 Å². The molecule has 0 aromatic heterocycles. The van der Waals surface area contributed by atoms with Crippen LogP contribution in [-0.2, 0) is 16.4 Å². The summed E-state index contributed by atoms with van der Waals surface area (Å²) in [7, 11) is -2.83. The number of halogens is 1. The lowest BCUT2D eigenvalue weighted by Gasteiger charge is -2.29. The van der Waals surface area contributed by atoms with E-state index >= 15 is 0 Å². The molecule has 0 radical (unpaired) electrons. The van der Waals surface area contributed by atoms with Gasteiger partial charge in [-0.2, -0.15) is 0 Å². The molecule has 6 heteroatoms. The van der Waals surface area contributed by atoms with Crippen molar-refractivity contribution in [3.8, 4) is 0 Å². The zero-order chi connectivity index (χ0) is 14.6. The highest BCUT2D eigenvalue weighted by Gasteiger charge is 2.22. The van der Waals surface area contributed by atoms with Gasteiger partial charge < -0.3 is 10.2 Å². The number of hydrogen-bond donors (Lipinski definition) is 1. The number of anilines is 1. The average Bonchev–Trinajstić information content (AvgIpc) is 2.40. The van der Waals surface area contributed by atoms with Crippen LogP contribution < -0.4 is 10.2 Å². The summed E-state index contributed by atoms with van der Waals surface area (Å²) in [6.07, 6.45) is 1.13. The third-order valence-corrected chi connectivity index (χ3v) is 5.70. The van der Waals surface area contributed by atoms with Crippen LogP contribution in [0.15, 0.2) is 22.7 Å². The largest absolute Gasteiger partial charge is 0.369 e. The molecule has 1 aliphatic rings. The molecular formula is C14H21BrN2O2S. The number of rotatable bonds is 5. The molecule has 1 aromatic rings. The Kier molecular flexibility index (Phi) is 5.46. The minimum Gasteiger partial charge on any atom is -0.369 e. The first-order valence-corrected chi connectivity index (χ1v) is 9.58. The van der Waals surface area contributed by atoms with Crippen molar-refractivity contribution in [1.82, 2.24) is 5.32 Å². The zero-order valence-corrected chi connectivity index (χ0v) is 14.1. The van der Waals surface area contributed by atoms with Crippen molar-refractivity contribution >= 4 is 31.5 Å². The second kappa shape index (κ2) is 6.91. The highest BCUT2D eigenvalue weighted by Crippen LogP contribution is 2.28. The fraction of sp³-hybridized carbons (Fsp3) is 0.571. The first kappa shape index (κ1) is 15.8. The van der Waals surface area contributed by atoms with Gasteiger partial charge in [0.15, 0.2) is 9.84 Å². The molecule has 1 N–H and O–H groups in total. The Morgan fingerprint density at radius 3 is 2.60 bits per heavy atom. The Balaban J connectivity index is 2.03. The van der Waals surface area contributed by atoms with E-state index < -0.39 is 9.84 Å². The van der Waals surface area contributed by atoms with Gasteiger partial charge in [0, 0.05) is 24.1 Å². The third-order valence-electron chi connectivity index (χ3n) is 3.45. The smallest absolute Gasteiger partial charge is 0.153 e. The number of nitrogens with one attached hydrogen (secondary N) is 1.